The van der Waals surface area contributed by atoms with E-state index in [0.29, 0.717) is 12.3 Å². The first-order valence-electron chi connectivity index (χ1n) is 9.78. The van der Waals surface area contributed by atoms with Gasteiger partial charge in [0.25, 0.3) is 0 Å². The van der Waals surface area contributed by atoms with Crippen molar-refractivity contribution in [1.29, 1.82) is 0 Å². The minimum Gasteiger partial charge on any atom is -0.465 e. The van der Waals surface area contributed by atoms with E-state index in [4.69, 9.17) is 4.74 Å². The Morgan fingerprint density at radius 1 is 1.37 bits per heavy atom. The maximum Gasteiger partial charge on any atom is 0.302 e. The Morgan fingerprint density at radius 3 is 2.56 bits per heavy atom. The van der Waals surface area contributed by atoms with E-state index in [1.54, 1.807) is 26.0 Å². The summed E-state index contributed by atoms with van der Waals surface area (Å²) >= 11 is 0. The van der Waals surface area contributed by atoms with Crippen molar-refractivity contribution >= 4 is 11.8 Å². The molecule has 0 saturated carbocycles. The summed E-state index contributed by atoms with van der Waals surface area (Å²) in [5.41, 5.74) is -1.15. The van der Waals surface area contributed by atoms with Gasteiger partial charge >= 0.3 is 5.97 Å². The van der Waals surface area contributed by atoms with Gasteiger partial charge in [0.1, 0.15) is 12.4 Å². The predicted molar refractivity (Wildman–Crippen MR) is 106 cm³/mol. The van der Waals surface area contributed by atoms with Crippen molar-refractivity contribution in [1.82, 2.24) is 0 Å². The standard InChI is InChI=1S/C22H36O5/c1-15(2)18-7-9-21(5,14-27-17(4)23)20(25)12-16(3)11-19(24)13-22(6,26)10-8-18/h8,10-11,15,18-19,24,26H,7,9,12-14H2,1-6H3/b10-8+,16-11+/t18?,19-,21-,22+/m1/s1. The average molecular weight is 381 g/mol. The van der Waals surface area contributed by atoms with Gasteiger partial charge in [-0.2, -0.15) is 0 Å². The number of hydrogen-bond donors (Lipinski definition) is 2. The zero-order valence-electron chi connectivity index (χ0n) is 17.6. The molecule has 0 aromatic carbocycles. The summed E-state index contributed by atoms with van der Waals surface area (Å²) < 4.78 is 5.20. The van der Waals surface area contributed by atoms with E-state index in [1.807, 2.05) is 13.0 Å². The Bertz CT molecular complexity index is 588. The third-order valence-corrected chi connectivity index (χ3v) is 5.39. The van der Waals surface area contributed by atoms with E-state index in [9.17, 15) is 19.8 Å². The molecule has 4 atom stereocenters. The van der Waals surface area contributed by atoms with Crippen LogP contribution in [0.15, 0.2) is 23.8 Å². The molecule has 0 aromatic heterocycles. The fraction of sp³-hybridized carbons (Fsp3) is 0.727. The van der Waals surface area contributed by atoms with E-state index in [1.165, 1.54) is 6.92 Å². The van der Waals surface area contributed by atoms with Crippen LogP contribution in [0.25, 0.3) is 0 Å². The quantitative estimate of drug-likeness (QED) is 0.577. The second kappa shape index (κ2) is 9.65. The highest BCUT2D eigenvalue weighted by atomic mass is 16.5. The largest absolute Gasteiger partial charge is 0.465 e. The van der Waals surface area contributed by atoms with Crippen molar-refractivity contribution in [2.45, 2.75) is 78.9 Å². The van der Waals surface area contributed by atoms with Crippen LogP contribution >= 0.6 is 0 Å². The molecule has 0 radical (unpaired) electrons. The van der Waals surface area contributed by atoms with Gasteiger partial charge in [-0.05, 0) is 45.4 Å². The van der Waals surface area contributed by atoms with Crippen molar-refractivity contribution in [3.63, 3.8) is 0 Å². The minimum atomic E-state index is -1.12. The molecule has 0 heterocycles. The summed E-state index contributed by atoms with van der Waals surface area (Å²) in [6.45, 7) is 10.9. The third kappa shape index (κ3) is 7.97. The lowest BCUT2D eigenvalue weighted by Crippen LogP contribution is -2.34. The molecule has 2 N–H and O–H groups in total. The maximum absolute atomic E-state index is 13.0. The van der Waals surface area contributed by atoms with Gasteiger partial charge in [-0.1, -0.05) is 37.6 Å². The van der Waals surface area contributed by atoms with Crippen molar-refractivity contribution in [3.05, 3.63) is 23.8 Å². The molecule has 0 amide bonds. The van der Waals surface area contributed by atoms with Crippen LogP contribution in [0.3, 0.4) is 0 Å². The molecular formula is C22H36O5. The molecule has 0 saturated heterocycles. The molecule has 1 unspecified atom stereocenters. The van der Waals surface area contributed by atoms with Gasteiger partial charge in [0.15, 0.2) is 0 Å². The highest BCUT2D eigenvalue weighted by molar-refractivity contribution is 5.86. The van der Waals surface area contributed by atoms with E-state index < -0.39 is 23.1 Å². The molecular weight excluding hydrogens is 344 g/mol. The summed E-state index contributed by atoms with van der Waals surface area (Å²) in [5, 5.41) is 20.9. The van der Waals surface area contributed by atoms with Crippen LogP contribution in [0.2, 0.25) is 0 Å². The fourth-order valence-corrected chi connectivity index (χ4v) is 3.43. The molecule has 0 bridgehead atoms. The third-order valence-electron chi connectivity index (χ3n) is 5.39. The molecule has 0 aromatic rings. The molecule has 1 aliphatic rings. The Balaban J connectivity index is 3.22. The molecule has 1 rings (SSSR count). The van der Waals surface area contributed by atoms with Crippen molar-refractivity contribution in [2.75, 3.05) is 6.61 Å². The van der Waals surface area contributed by atoms with E-state index >= 15 is 0 Å². The van der Waals surface area contributed by atoms with Crippen molar-refractivity contribution in [3.8, 4) is 0 Å². The van der Waals surface area contributed by atoms with Crippen molar-refractivity contribution in [2.24, 2.45) is 17.3 Å². The lowest BCUT2D eigenvalue weighted by atomic mass is 9.76. The summed E-state index contributed by atoms with van der Waals surface area (Å²) in [6.07, 6.45) is 6.24. The number of carbonyl (C=O) groups is 2. The minimum absolute atomic E-state index is 0.00203. The summed E-state index contributed by atoms with van der Waals surface area (Å²) in [4.78, 5) is 24.3. The topological polar surface area (TPSA) is 83.8 Å². The molecule has 27 heavy (non-hydrogen) atoms. The normalized spacial score (nSPS) is 36.8. The second-order valence-corrected chi connectivity index (χ2v) is 8.89. The number of carbonyl (C=O) groups excluding carboxylic acids is 2. The van der Waals surface area contributed by atoms with Crippen LogP contribution in [0.1, 0.15) is 67.2 Å². The van der Waals surface area contributed by atoms with Crippen LogP contribution in [0.5, 0.6) is 0 Å². The highest BCUT2D eigenvalue weighted by Gasteiger charge is 2.35. The number of aliphatic hydroxyl groups excluding tert-OH is 1. The summed E-state index contributed by atoms with van der Waals surface area (Å²) in [7, 11) is 0. The van der Waals surface area contributed by atoms with Crippen molar-refractivity contribution < 1.29 is 24.5 Å². The van der Waals surface area contributed by atoms with Gasteiger partial charge in [0, 0.05) is 19.8 Å². The number of rotatable bonds is 3. The maximum atomic E-state index is 13.0. The van der Waals surface area contributed by atoms with Gasteiger partial charge in [-0.15, -0.1) is 0 Å². The zero-order valence-corrected chi connectivity index (χ0v) is 17.6. The van der Waals surface area contributed by atoms with E-state index in [0.717, 1.165) is 12.0 Å². The Kier molecular flexibility index (Phi) is 8.43. The van der Waals surface area contributed by atoms with Gasteiger partial charge in [0.05, 0.1) is 17.1 Å². The lowest BCUT2D eigenvalue weighted by Gasteiger charge is -2.30. The molecule has 0 spiro atoms. The van der Waals surface area contributed by atoms with Gasteiger partial charge in [-0.3, -0.25) is 9.59 Å². The Labute approximate surface area is 163 Å². The smallest absolute Gasteiger partial charge is 0.302 e. The molecule has 0 aliphatic heterocycles. The van der Waals surface area contributed by atoms with Crippen LogP contribution in [0.4, 0.5) is 0 Å². The van der Waals surface area contributed by atoms with Crippen LogP contribution < -0.4 is 0 Å². The molecule has 5 heteroatoms. The predicted octanol–water partition coefficient (Wildman–Crippen LogP) is 3.59. The Hall–Kier alpha value is -1.46. The number of Topliss-reactive ketones (excluding diaryl/α,β-unsaturated/α-hetero) is 1. The monoisotopic (exact) mass is 380 g/mol. The second-order valence-electron chi connectivity index (χ2n) is 8.89. The average Bonchev–Trinajstić information content (AvgIpc) is 2.50. The summed E-state index contributed by atoms with van der Waals surface area (Å²) in [6, 6.07) is 0. The van der Waals surface area contributed by atoms with Crippen LogP contribution in [-0.2, 0) is 14.3 Å². The van der Waals surface area contributed by atoms with Gasteiger partial charge in [-0.25, -0.2) is 0 Å². The lowest BCUT2D eigenvalue weighted by molar-refractivity contribution is -0.147. The number of hydrogen-bond acceptors (Lipinski definition) is 5. The first-order valence-corrected chi connectivity index (χ1v) is 9.78. The SMILES string of the molecule is CC(=O)OC[C@@]1(C)CCC(C(C)C)/C=C/[C@](C)(O)C[C@H](O)/C=C(\C)CC1=O. The van der Waals surface area contributed by atoms with Gasteiger partial charge < -0.3 is 14.9 Å². The zero-order chi connectivity index (χ0) is 20.8. The molecule has 0 fully saturated rings. The molecule has 1 aliphatic carbocycles. The number of allylic oxidation sites excluding steroid dienone is 2. The fourth-order valence-electron chi connectivity index (χ4n) is 3.43. The molecule has 5 nitrogen and oxygen atoms in total. The van der Waals surface area contributed by atoms with E-state index in [-0.39, 0.29) is 31.1 Å². The molecule has 154 valence electrons. The summed E-state index contributed by atoms with van der Waals surface area (Å²) in [5.74, 6) is 0.112. The number of aliphatic hydroxyl groups is 2. The first kappa shape index (κ1) is 23.6. The number of ketones is 1. The Morgan fingerprint density at radius 2 is 2.00 bits per heavy atom. The van der Waals surface area contributed by atoms with E-state index in [2.05, 4.69) is 13.8 Å². The van der Waals surface area contributed by atoms with Gasteiger partial charge in [0.2, 0.25) is 0 Å². The van der Waals surface area contributed by atoms with Crippen LogP contribution in [0, 0.1) is 17.3 Å². The number of esters is 1. The number of ether oxygens (including phenoxy) is 1. The first-order chi connectivity index (χ1) is 12.3. The highest BCUT2D eigenvalue weighted by Crippen LogP contribution is 2.33. The van der Waals surface area contributed by atoms with Crippen LogP contribution in [-0.4, -0.2) is 40.3 Å².